The number of esters is 1. The number of rotatable bonds is 9. The van der Waals surface area contributed by atoms with Crippen molar-refractivity contribution in [3.63, 3.8) is 0 Å². The SMILES string of the molecule is COc1cc(C=O)ccc1OCC(=O)O[C@@H](C)C(=O)NCc1ccc(C)cc1. The molecule has 7 heteroatoms. The molecule has 28 heavy (non-hydrogen) atoms. The number of benzene rings is 2. The number of ether oxygens (including phenoxy) is 3. The standard InChI is InChI=1S/C21H23NO6/c1-14-4-6-16(7-5-14)11-22-21(25)15(2)28-20(24)13-27-18-9-8-17(12-23)10-19(18)26-3/h4-10,12,15H,11,13H2,1-3H3,(H,22,25)/t15-/m0/s1. The van der Waals surface area contributed by atoms with E-state index in [0.29, 0.717) is 29.9 Å². The number of hydrogen-bond acceptors (Lipinski definition) is 6. The third-order valence-corrected chi connectivity index (χ3v) is 3.93. The minimum atomic E-state index is -0.958. The van der Waals surface area contributed by atoms with Crippen LogP contribution in [0.5, 0.6) is 11.5 Å². The van der Waals surface area contributed by atoms with Crippen molar-refractivity contribution in [1.82, 2.24) is 5.32 Å². The summed E-state index contributed by atoms with van der Waals surface area (Å²) in [4.78, 5) is 34.8. The van der Waals surface area contributed by atoms with Crippen LogP contribution >= 0.6 is 0 Å². The average molecular weight is 385 g/mol. The van der Waals surface area contributed by atoms with E-state index < -0.39 is 24.6 Å². The summed E-state index contributed by atoms with van der Waals surface area (Å²) in [5, 5.41) is 2.72. The fourth-order valence-electron chi connectivity index (χ4n) is 2.34. The number of amides is 1. The summed E-state index contributed by atoms with van der Waals surface area (Å²) in [6.45, 7) is 3.42. The minimum absolute atomic E-state index is 0.293. The molecule has 0 unspecified atom stereocenters. The van der Waals surface area contributed by atoms with Gasteiger partial charge in [-0.2, -0.15) is 0 Å². The number of hydrogen-bond donors (Lipinski definition) is 1. The van der Waals surface area contributed by atoms with Gasteiger partial charge in [0.1, 0.15) is 6.29 Å². The van der Waals surface area contributed by atoms with Gasteiger partial charge in [-0.15, -0.1) is 0 Å². The van der Waals surface area contributed by atoms with Crippen LogP contribution in [0.15, 0.2) is 42.5 Å². The normalized spacial score (nSPS) is 11.2. The Kier molecular flexibility index (Phi) is 7.56. The number of methoxy groups -OCH3 is 1. The lowest BCUT2D eigenvalue weighted by Gasteiger charge is -2.15. The summed E-state index contributed by atoms with van der Waals surface area (Å²) in [6, 6.07) is 12.3. The third-order valence-electron chi connectivity index (χ3n) is 3.93. The number of carbonyl (C=O) groups excluding carboxylic acids is 3. The number of aldehydes is 1. The van der Waals surface area contributed by atoms with Crippen molar-refractivity contribution in [3.8, 4) is 11.5 Å². The van der Waals surface area contributed by atoms with Gasteiger partial charge >= 0.3 is 5.97 Å². The molecule has 0 aliphatic rings. The van der Waals surface area contributed by atoms with E-state index in [-0.39, 0.29) is 0 Å². The highest BCUT2D eigenvalue weighted by Gasteiger charge is 2.18. The molecule has 0 bridgehead atoms. The van der Waals surface area contributed by atoms with E-state index >= 15 is 0 Å². The largest absolute Gasteiger partial charge is 0.493 e. The Morgan fingerprint density at radius 1 is 1.11 bits per heavy atom. The summed E-state index contributed by atoms with van der Waals surface area (Å²) in [6.07, 6.45) is -0.279. The Bertz CT molecular complexity index is 831. The van der Waals surface area contributed by atoms with E-state index in [1.54, 1.807) is 0 Å². The topological polar surface area (TPSA) is 90.9 Å². The van der Waals surface area contributed by atoms with Gasteiger partial charge in [-0.1, -0.05) is 29.8 Å². The molecule has 0 saturated carbocycles. The van der Waals surface area contributed by atoms with Gasteiger partial charge in [0.25, 0.3) is 5.91 Å². The zero-order chi connectivity index (χ0) is 20.5. The molecule has 0 aliphatic carbocycles. The van der Waals surface area contributed by atoms with Crippen LogP contribution in [0.3, 0.4) is 0 Å². The molecule has 7 nitrogen and oxygen atoms in total. The van der Waals surface area contributed by atoms with Gasteiger partial charge in [-0.05, 0) is 37.6 Å². The summed E-state index contributed by atoms with van der Waals surface area (Å²) in [5.41, 5.74) is 2.51. The number of aryl methyl sites for hydroxylation is 1. The first-order valence-corrected chi connectivity index (χ1v) is 8.71. The third kappa shape index (κ3) is 6.12. The molecule has 0 saturated heterocycles. The predicted molar refractivity (Wildman–Crippen MR) is 102 cm³/mol. The van der Waals surface area contributed by atoms with Crippen molar-refractivity contribution in [3.05, 3.63) is 59.2 Å². The second-order valence-electron chi connectivity index (χ2n) is 6.15. The molecule has 1 atom stereocenters. The van der Waals surface area contributed by atoms with Crippen LogP contribution in [0.4, 0.5) is 0 Å². The van der Waals surface area contributed by atoms with Gasteiger partial charge in [0, 0.05) is 12.1 Å². The lowest BCUT2D eigenvalue weighted by molar-refractivity contribution is -0.156. The molecule has 1 amide bonds. The molecule has 0 radical (unpaired) electrons. The molecule has 0 aliphatic heterocycles. The van der Waals surface area contributed by atoms with Crippen molar-refractivity contribution in [2.24, 2.45) is 0 Å². The molecule has 0 fully saturated rings. The number of carbonyl (C=O) groups is 3. The molecule has 0 spiro atoms. The van der Waals surface area contributed by atoms with E-state index in [0.717, 1.165) is 11.1 Å². The summed E-state index contributed by atoms with van der Waals surface area (Å²) in [5.74, 6) is -0.482. The second-order valence-corrected chi connectivity index (χ2v) is 6.15. The van der Waals surface area contributed by atoms with Crippen LogP contribution < -0.4 is 14.8 Å². The van der Waals surface area contributed by atoms with Crippen LogP contribution in [-0.2, 0) is 20.9 Å². The summed E-state index contributed by atoms with van der Waals surface area (Å²) >= 11 is 0. The second kappa shape index (κ2) is 10.1. The average Bonchev–Trinajstić information content (AvgIpc) is 2.71. The first-order valence-electron chi connectivity index (χ1n) is 8.71. The molecule has 0 aromatic heterocycles. The fraction of sp³-hybridized carbons (Fsp3) is 0.286. The predicted octanol–water partition coefficient (Wildman–Crippen LogP) is 2.44. The Morgan fingerprint density at radius 2 is 1.82 bits per heavy atom. The maximum absolute atomic E-state index is 12.1. The molecule has 0 heterocycles. The lowest BCUT2D eigenvalue weighted by Crippen LogP contribution is -2.36. The van der Waals surface area contributed by atoms with E-state index in [1.807, 2.05) is 31.2 Å². The summed E-state index contributed by atoms with van der Waals surface area (Å²) in [7, 11) is 1.43. The molecular weight excluding hydrogens is 362 g/mol. The first-order chi connectivity index (χ1) is 13.4. The van der Waals surface area contributed by atoms with E-state index in [4.69, 9.17) is 14.2 Å². The first kappa shape index (κ1) is 21.0. The minimum Gasteiger partial charge on any atom is -0.493 e. The maximum Gasteiger partial charge on any atom is 0.344 e. The van der Waals surface area contributed by atoms with Crippen LogP contribution in [0, 0.1) is 6.92 Å². The van der Waals surface area contributed by atoms with Crippen molar-refractivity contribution in [1.29, 1.82) is 0 Å². The molecule has 148 valence electrons. The van der Waals surface area contributed by atoms with Crippen LogP contribution in [0.25, 0.3) is 0 Å². The summed E-state index contributed by atoms with van der Waals surface area (Å²) < 4.78 is 15.6. The molecular formula is C21H23NO6. The molecule has 2 rings (SSSR count). The molecule has 2 aromatic rings. The smallest absolute Gasteiger partial charge is 0.344 e. The Hall–Kier alpha value is -3.35. The maximum atomic E-state index is 12.1. The van der Waals surface area contributed by atoms with Gasteiger partial charge < -0.3 is 19.5 Å². The lowest BCUT2D eigenvalue weighted by atomic mass is 10.1. The van der Waals surface area contributed by atoms with Gasteiger partial charge in [0.05, 0.1) is 7.11 Å². The zero-order valence-corrected chi connectivity index (χ0v) is 16.1. The van der Waals surface area contributed by atoms with Crippen molar-refractivity contribution in [2.45, 2.75) is 26.5 Å². The van der Waals surface area contributed by atoms with Gasteiger partial charge in [0.15, 0.2) is 24.2 Å². The quantitative estimate of drug-likeness (QED) is 0.527. The van der Waals surface area contributed by atoms with E-state index in [9.17, 15) is 14.4 Å². The van der Waals surface area contributed by atoms with Crippen molar-refractivity contribution >= 4 is 18.2 Å². The van der Waals surface area contributed by atoms with Gasteiger partial charge in [-0.3, -0.25) is 9.59 Å². The van der Waals surface area contributed by atoms with Gasteiger partial charge in [-0.25, -0.2) is 4.79 Å². The highest BCUT2D eigenvalue weighted by atomic mass is 16.6. The fourth-order valence-corrected chi connectivity index (χ4v) is 2.34. The van der Waals surface area contributed by atoms with Crippen LogP contribution in [0.2, 0.25) is 0 Å². The van der Waals surface area contributed by atoms with Crippen molar-refractivity contribution in [2.75, 3.05) is 13.7 Å². The van der Waals surface area contributed by atoms with Gasteiger partial charge in [0.2, 0.25) is 0 Å². The van der Waals surface area contributed by atoms with Crippen LogP contribution in [-0.4, -0.2) is 38.0 Å². The van der Waals surface area contributed by atoms with E-state index in [2.05, 4.69) is 5.32 Å². The number of nitrogens with one attached hydrogen (secondary N) is 1. The Labute approximate surface area is 163 Å². The Morgan fingerprint density at radius 3 is 2.46 bits per heavy atom. The monoisotopic (exact) mass is 385 g/mol. The highest BCUT2D eigenvalue weighted by molar-refractivity contribution is 5.83. The zero-order valence-electron chi connectivity index (χ0n) is 16.1. The highest BCUT2D eigenvalue weighted by Crippen LogP contribution is 2.27. The Balaban J connectivity index is 1.80. The molecule has 2 aromatic carbocycles. The van der Waals surface area contributed by atoms with Crippen molar-refractivity contribution < 1.29 is 28.6 Å². The van der Waals surface area contributed by atoms with E-state index in [1.165, 1.54) is 32.2 Å². The molecule has 1 N–H and O–H groups in total. The van der Waals surface area contributed by atoms with Crippen LogP contribution in [0.1, 0.15) is 28.4 Å².